The standard InChI is InChI=1S/C9H14BrN3O3S2/c1-6(5-8(11)12-14)13(2)18(15,16)9-7(10)3-4-17-9/h3-4,6,14H,5H2,1-2H3,(H2,11,12). The summed E-state index contributed by atoms with van der Waals surface area (Å²) in [6.45, 7) is 1.69. The molecule has 0 aliphatic carbocycles. The van der Waals surface area contributed by atoms with Gasteiger partial charge in [0.25, 0.3) is 10.0 Å². The minimum atomic E-state index is -3.57. The van der Waals surface area contributed by atoms with Gasteiger partial charge in [0.15, 0.2) is 0 Å². The molecule has 0 radical (unpaired) electrons. The van der Waals surface area contributed by atoms with E-state index in [-0.39, 0.29) is 16.5 Å². The number of amidine groups is 1. The Bertz CT molecular complexity index is 541. The van der Waals surface area contributed by atoms with Crippen molar-refractivity contribution >= 4 is 43.1 Å². The maximum absolute atomic E-state index is 12.3. The van der Waals surface area contributed by atoms with Gasteiger partial charge < -0.3 is 10.9 Å². The van der Waals surface area contributed by atoms with Crippen molar-refractivity contribution in [1.82, 2.24) is 4.31 Å². The Morgan fingerprint density at radius 3 is 2.78 bits per heavy atom. The molecule has 1 aromatic rings. The first-order chi connectivity index (χ1) is 8.30. The summed E-state index contributed by atoms with van der Waals surface area (Å²) < 4.78 is 26.6. The molecule has 0 spiro atoms. The van der Waals surface area contributed by atoms with Crippen molar-refractivity contribution in [3.63, 3.8) is 0 Å². The van der Waals surface area contributed by atoms with Gasteiger partial charge in [-0.25, -0.2) is 8.42 Å². The first-order valence-corrected chi connectivity index (χ1v) is 8.09. The predicted octanol–water partition coefficient (Wildman–Crippen LogP) is 1.66. The summed E-state index contributed by atoms with van der Waals surface area (Å²) in [5, 5.41) is 13.0. The molecule has 1 heterocycles. The third-order valence-corrected chi connectivity index (χ3v) is 7.07. The van der Waals surface area contributed by atoms with Gasteiger partial charge in [0, 0.05) is 24.0 Å². The van der Waals surface area contributed by atoms with E-state index in [2.05, 4.69) is 21.1 Å². The number of thiophene rings is 1. The van der Waals surface area contributed by atoms with Crippen LogP contribution in [0.1, 0.15) is 13.3 Å². The van der Waals surface area contributed by atoms with E-state index in [9.17, 15) is 8.42 Å². The predicted molar refractivity (Wildman–Crippen MR) is 74.5 cm³/mol. The summed E-state index contributed by atoms with van der Waals surface area (Å²) in [5.41, 5.74) is 5.38. The van der Waals surface area contributed by atoms with Gasteiger partial charge in [-0.3, -0.25) is 0 Å². The zero-order chi connectivity index (χ0) is 13.9. The highest BCUT2D eigenvalue weighted by Gasteiger charge is 2.28. The van der Waals surface area contributed by atoms with E-state index in [1.807, 2.05) is 0 Å². The van der Waals surface area contributed by atoms with Crippen LogP contribution in [0.4, 0.5) is 0 Å². The van der Waals surface area contributed by atoms with Crippen LogP contribution in [0.2, 0.25) is 0 Å². The average Bonchev–Trinajstić information content (AvgIpc) is 2.74. The van der Waals surface area contributed by atoms with Crippen LogP contribution in [0.15, 0.2) is 25.3 Å². The van der Waals surface area contributed by atoms with Gasteiger partial charge in [0.1, 0.15) is 10.0 Å². The number of oxime groups is 1. The number of hydrogen-bond donors (Lipinski definition) is 2. The molecule has 0 aromatic carbocycles. The average molecular weight is 356 g/mol. The summed E-state index contributed by atoms with van der Waals surface area (Å²) in [4.78, 5) is 0. The second-order valence-electron chi connectivity index (χ2n) is 3.72. The summed E-state index contributed by atoms with van der Waals surface area (Å²) >= 11 is 4.34. The number of halogens is 1. The van der Waals surface area contributed by atoms with Crippen molar-refractivity contribution in [2.24, 2.45) is 10.9 Å². The molecule has 1 rings (SSSR count). The van der Waals surface area contributed by atoms with Gasteiger partial charge in [-0.2, -0.15) is 4.31 Å². The molecule has 6 nitrogen and oxygen atoms in total. The zero-order valence-corrected chi connectivity index (χ0v) is 13.1. The minimum absolute atomic E-state index is 0.00482. The van der Waals surface area contributed by atoms with Crippen LogP contribution < -0.4 is 5.73 Å². The molecule has 18 heavy (non-hydrogen) atoms. The van der Waals surface area contributed by atoms with Crippen LogP contribution in [0.5, 0.6) is 0 Å². The highest BCUT2D eigenvalue weighted by atomic mass is 79.9. The summed E-state index contributed by atoms with van der Waals surface area (Å²) in [7, 11) is -2.10. The van der Waals surface area contributed by atoms with Gasteiger partial charge in [0.2, 0.25) is 0 Å². The Morgan fingerprint density at radius 2 is 2.33 bits per heavy atom. The fraction of sp³-hybridized carbons (Fsp3) is 0.444. The number of hydrogen-bond acceptors (Lipinski definition) is 5. The smallest absolute Gasteiger partial charge is 0.253 e. The Balaban J connectivity index is 2.96. The van der Waals surface area contributed by atoms with E-state index in [0.29, 0.717) is 4.47 Å². The van der Waals surface area contributed by atoms with Gasteiger partial charge >= 0.3 is 0 Å². The molecule has 0 aliphatic heterocycles. The molecule has 0 saturated carbocycles. The van der Waals surface area contributed by atoms with Crippen LogP contribution in [0, 0.1) is 0 Å². The lowest BCUT2D eigenvalue weighted by Gasteiger charge is -2.23. The van der Waals surface area contributed by atoms with Gasteiger partial charge in [0.05, 0.1) is 0 Å². The lowest BCUT2D eigenvalue weighted by molar-refractivity contribution is 0.313. The summed E-state index contributed by atoms with van der Waals surface area (Å²) in [6.07, 6.45) is 0.162. The van der Waals surface area contributed by atoms with E-state index in [0.717, 1.165) is 11.3 Å². The molecule has 0 aliphatic rings. The van der Waals surface area contributed by atoms with E-state index in [1.165, 1.54) is 11.4 Å². The Kier molecular flexibility index (Phi) is 5.14. The molecule has 0 bridgehead atoms. The van der Waals surface area contributed by atoms with Crippen LogP contribution in [-0.4, -0.2) is 36.9 Å². The van der Waals surface area contributed by atoms with Crippen LogP contribution >= 0.6 is 27.3 Å². The SMILES string of the molecule is CC(C/C(N)=N/O)N(C)S(=O)(=O)c1sccc1Br. The van der Waals surface area contributed by atoms with Crippen LogP contribution in [0.25, 0.3) is 0 Å². The molecule has 0 fully saturated rings. The fourth-order valence-electron chi connectivity index (χ4n) is 1.30. The summed E-state index contributed by atoms with van der Waals surface area (Å²) in [6, 6.07) is 1.28. The fourth-order valence-corrected chi connectivity index (χ4v) is 5.14. The van der Waals surface area contributed by atoms with Crippen molar-refractivity contribution in [2.45, 2.75) is 23.6 Å². The maximum atomic E-state index is 12.3. The first-order valence-electron chi connectivity index (χ1n) is 4.98. The Labute approximate surface area is 118 Å². The first kappa shape index (κ1) is 15.4. The number of sulfonamides is 1. The van der Waals surface area contributed by atoms with Gasteiger partial charge in [-0.15, -0.1) is 11.3 Å². The molecule has 0 saturated heterocycles. The second kappa shape index (κ2) is 6.00. The van der Waals surface area contributed by atoms with Crippen LogP contribution in [-0.2, 0) is 10.0 Å². The van der Waals surface area contributed by atoms with Crippen molar-refractivity contribution in [2.75, 3.05) is 7.05 Å². The second-order valence-corrected chi connectivity index (χ2v) is 7.68. The van der Waals surface area contributed by atoms with Crippen molar-refractivity contribution < 1.29 is 13.6 Å². The van der Waals surface area contributed by atoms with Crippen molar-refractivity contribution in [1.29, 1.82) is 0 Å². The zero-order valence-electron chi connectivity index (χ0n) is 9.87. The molecule has 0 amide bonds. The highest BCUT2D eigenvalue weighted by Crippen LogP contribution is 2.30. The van der Waals surface area contributed by atoms with E-state index in [4.69, 9.17) is 10.9 Å². The Morgan fingerprint density at radius 1 is 1.72 bits per heavy atom. The molecule has 3 N–H and O–H groups in total. The third kappa shape index (κ3) is 3.22. The van der Waals surface area contributed by atoms with Crippen molar-refractivity contribution in [3.05, 3.63) is 15.9 Å². The molecule has 9 heteroatoms. The van der Waals surface area contributed by atoms with E-state index < -0.39 is 16.1 Å². The maximum Gasteiger partial charge on any atom is 0.253 e. The molecular formula is C9H14BrN3O3S2. The Hall–Kier alpha value is -0.640. The molecular weight excluding hydrogens is 342 g/mol. The lowest BCUT2D eigenvalue weighted by atomic mass is 10.2. The van der Waals surface area contributed by atoms with Crippen molar-refractivity contribution in [3.8, 4) is 0 Å². The molecule has 1 aromatic heterocycles. The molecule has 1 atom stereocenters. The third-order valence-electron chi connectivity index (χ3n) is 2.45. The topological polar surface area (TPSA) is 96.0 Å². The van der Waals surface area contributed by atoms with Crippen LogP contribution in [0.3, 0.4) is 0 Å². The molecule has 102 valence electrons. The molecule has 1 unspecified atom stereocenters. The lowest BCUT2D eigenvalue weighted by Crippen LogP contribution is -2.37. The minimum Gasteiger partial charge on any atom is -0.409 e. The monoisotopic (exact) mass is 355 g/mol. The van der Waals surface area contributed by atoms with Gasteiger partial charge in [-0.1, -0.05) is 5.16 Å². The largest absolute Gasteiger partial charge is 0.409 e. The number of rotatable bonds is 5. The number of nitrogens with zero attached hydrogens (tertiary/aromatic N) is 2. The highest BCUT2D eigenvalue weighted by molar-refractivity contribution is 9.10. The normalized spacial score (nSPS) is 15.0. The van der Waals surface area contributed by atoms with E-state index >= 15 is 0 Å². The summed E-state index contributed by atoms with van der Waals surface area (Å²) in [5.74, 6) is -0.00482. The number of nitrogens with two attached hydrogens (primary N) is 1. The van der Waals surface area contributed by atoms with E-state index in [1.54, 1.807) is 18.4 Å². The quantitative estimate of drug-likeness (QED) is 0.363. The van der Waals surface area contributed by atoms with Gasteiger partial charge in [-0.05, 0) is 34.3 Å².